The third kappa shape index (κ3) is 12.5. The molecule has 2 saturated heterocycles. The summed E-state index contributed by atoms with van der Waals surface area (Å²) in [4.78, 5) is 6.94. The molecule has 0 aromatic rings. The van der Waals surface area contributed by atoms with Crippen LogP contribution >= 0.6 is 0 Å². The molecule has 0 amide bonds. The summed E-state index contributed by atoms with van der Waals surface area (Å²) in [6.45, 7) is 12.0. The van der Waals surface area contributed by atoms with E-state index in [4.69, 9.17) is 9.47 Å². The standard InChI is InChI=1S/C66H116N2O2/c1-5-7-9-11-13-15-19-49-27-35-53(36-28-49)67(51-31-23-47(3)24-32-51)61-45-59(63-21-17-43-69-63)55-40-42-58-62(46-60(64-22-18-44-70-64)56-39-41-57(61)65(55)66(56)58)68(52-33-25-48(4)26-34-52)54-37-29-50(30-38-54)20-16-14-12-10-8-6-2/h47-66H,5-46H2,1-4H3. The molecule has 10 aliphatic rings. The lowest BCUT2D eigenvalue weighted by molar-refractivity contribution is -0.197. The van der Waals surface area contributed by atoms with Crippen molar-refractivity contribution in [1.82, 2.24) is 9.80 Å². The van der Waals surface area contributed by atoms with Gasteiger partial charge in [-0.1, -0.05) is 118 Å². The Hall–Kier alpha value is -0.160. The van der Waals surface area contributed by atoms with Crippen LogP contribution in [0.5, 0.6) is 0 Å². The first kappa shape index (κ1) is 53.2. The van der Waals surface area contributed by atoms with Crippen LogP contribution < -0.4 is 0 Å². The maximum atomic E-state index is 7.01. The number of nitrogens with zero attached hydrogens (tertiary/aromatic N) is 2. The number of hydrogen-bond acceptors (Lipinski definition) is 4. The largest absolute Gasteiger partial charge is 0.378 e. The lowest BCUT2D eigenvalue weighted by Gasteiger charge is -2.67. The Morgan fingerprint density at radius 2 is 0.686 bits per heavy atom. The van der Waals surface area contributed by atoms with Gasteiger partial charge in [0.1, 0.15) is 0 Å². The molecule has 12 unspecified atom stereocenters. The maximum Gasteiger partial charge on any atom is 0.0607 e. The van der Waals surface area contributed by atoms with Gasteiger partial charge < -0.3 is 9.47 Å². The van der Waals surface area contributed by atoms with Gasteiger partial charge in [0.25, 0.3) is 0 Å². The van der Waals surface area contributed by atoms with Gasteiger partial charge in [-0.05, 0) is 238 Å². The van der Waals surface area contributed by atoms with Crippen molar-refractivity contribution in [3.8, 4) is 0 Å². The first-order valence-corrected chi connectivity index (χ1v) is 33.3. The van der Waals surface area contributed by atoms with E-state index in [0.29, 0.717) is 12.2 Å². The zero-order chi connectivity index (χ0) is 47.8. The monoisotopic (exact) mass is 969 g/mol. The Morgan fingerprint density at radius 1 is 0.343 bits per heavy atom. The summed E-state index contributed by atoms with van der Waals surface area (Å²) in [5.74, 6) is 10.9. The van der Waals surface area contributed by atoms with E-state index in [-0.39, 0.29) is 0 Å². The summed E-state index contributed by atoms with van der Waals surface area (Å²) in [5.41, 5.74) is 0. The molecular weight excluding hydrogens is 853 g/mol. The fourth-order valence-corrected chi connectivity index (χ4v) is 20.5. The molecule has 8 aliphatic carbocycles. The molecule has 4 nitrogen and oxygen atoms in total. The fraction of sp³-hybridized carbons (Fsp3) is 1.00. The van der Waals surface area contributed by atoms with E-state index in [2.05, 4.69) is 37.5 Å². The molecule has 10 rings (SSSR count). The number of ether oxygens (including phenoxy) is 2. The van der Waals surface area contributed by atoms with Crippen LogP contribution in [0, 0.1) is 71.0 Å². The average molecular weight is 970 g/mol. The zero-order valence-corrected chi connectivity index (χ0v) is 47.0. The van der Waals surface area contributed by atoms with Crippen LogP contribution in [0.3, 0.4) is 0 Å². The molecule has 0 aromatic carbocycles. The van der Waals surface area contributed by atoms with E-state index in [0.717, 1.165) is 120 Å². The van der Waals surface area contributed by atoms with Gasteiger partial charge in [0.05, 0.1) is 12.2 Å². The molecule has 12 atom stereocenters. The third-order valence-electron chi connectivity index (χ3n) is 24.1. The Bertz CT molecular complexity index is 1360. The van der Waals surface area contributed by atoms with Crippen LogP contribution in [-0.2, 0) is 9.47 Å². The van der Waals surface area contributed by atoms with Crippen molar-refractivity contribution in [2.75, 3.05) is 13.2 Å². The second-order valence-corrected chi connectivity index (χ2v) is 28.2. The SMILES string of the molecule is CCCCCCCCC1CCC(N(C2CCC(C)CC2)C2CC(C3CCCO3)C3CCC4C5C(CCC2C35)C(C2CCCO2)CC4N(C2CCC(C)CC2)C2CCC(CCCCCCCC)CC2)CC1. The Morgan fingerprint density at radius 3 is 1.04 bits per heavy atom. The molecule has 70 heavy (non-hydrogen) atoms. The summed E-state index contributed by atoms with van der Waals surface area (Å²) >= 11 is 0. The second kappa shape index (κ2) is 26.3. The topological polar surface area (TPSA) is 24.9 Å². The molecule has 8 saturated carbocycles. The molecule has 0 bridgehead atoms. The summed E-state index contributed by atoms with van der Waals surface area (Å²) in [5, 5.41) is 0. The van der Waals surface area contributed by atoms with Gasteiger partial charge in [-0.3, -0.25) is 9.80 Å². The van der Waals surface area contributed by atoms with Crippen LogP contribution in [0.2, 0.25) is 0 Å². The van der Waals surface area contributed by atoms with Gasteiger partial charge in [-0.2, -0.15) is 0 Å². The number of rotatable bonds is 22. The molecule has 4 heteroatoms. The van der Waals surface area contributed by atoms with Gasteiger partial charge in [0, 0.05) is 49.5 Å². The van der Waals surface area contributed by atoms with Crippen LogP contribution in [0.25, 0.3) is 0 Å². The summed E-state index contributed by atoms with van der Waals surface area (Å²) in [6, 6.07) is 4.93. The fourth-order valence-electron chi connectivity index (χ4n) is 20.5. The van der Waals surface area contributed by atoms with Crippen molar-refractivity contribution in [2.45, 2.75) is 333 Å². The van der Waals surface area contributed by atoms with Crippen molar-refractivity contribution in [2.24, 2.45) is 71.0 Å². The van der Waals surface area contributed by atoms with Gasteiger partial charge in [0.15, 0.2) is 0 Å². The molecular formula is C66H116N2O2. The van der Waals surface area contributed by atoms with Gasteiger partial charge >= 0.3 is 0 Å². The molecule has 10 fully saturated rings. The Balaban J connectivity index is 0.935. The van der Waals surface area contributed by atoms with E-state index in [1.54, 1.807) is 0 Å². The predicted molar refractivity (Wildman–Crippen MR) is 295 cm³/mol. The van der Waals surface area contributed by atoms with Crippen LogP contribution in [-0.4, -0.2) is 71.5 Å². The highest BCUT2D eigenvalue weighted by atomic mass is 16.5. The minimum Gasteiger partial charge on any atom is -0.378 e. The van der Waals surface area contributed by atoms with E-state index >= 15 is 0 Å². The van der Waals surface area contributed by atoms with E-state index in [1.165, 1.54) is 257 Å². The Labute approximate surface area is 434 Å². The lowest BCUT2D eigenvalue weighted by atomic mass is 9.42. The minimum absolute atomic E-state index is 0.535. The smallest absolute Gasteiger partial charge is 0.0607 e. The highest BCUT2D eigenvalue weighted by Gasteiger charge is 2.63. The lowest BCUT2D eigenvalue weighted by Crippen LogP contribution is -2.68. The van der Waals surface area contributed by atoms with Crippen molar-refractivity contribution in [3.63, 3.8) is 0 Å². The molecule has 402 valence electrons. The van der Waals surface area contributed by atoms with E-state index in [9.17, 15) is 0 Å². The number of unbranched alkanes of at least 4 members (excludes halogenated alkanes) is 10. The summed E-state index contributed by atoms with van der Waals surface area (Å²) in [7, 11) is 0. The van der Waals surface area contributed by atoms with E-state index in [1.807, 2.05) is 0 Å². The quantitative estimate of drug-likeness (QED) is 0.101. The van der Waals surface area contributed by atoms with Crippen molar-refractivity contribution < 1.29 is 9.47 Å². The average Bonchev–Trinajstić information content (AvgIpc) is 4.15. The van der Waals surface area contributed by atoms with Crippen molar-refractivity contribution in [3.05, 3.63) is 0 Å². The first-order valence-electron chi connectivity index (χ1n) is 33.3. The Kier molecular flexibility index (Phi) is 20.0. The molecule has 2 aliphatic heterocycles. The molecule has 0 N–H and O–H groups in total. The van der Waals surface area contributed by atoms with Gasteiger partial charge in [-0.15, -0.1) is 0 Å². The zero-order valence-electron chi connectivity index (χ0n) is 47.0. The molecule has 0 radical (unpaired) electrons. The summed E-state index contributed by atoms with van der Waals surface area (Å²) in [6.07, 6.45) is 59.9. The summed E-state index contributed by atoms with van der Waals surface area (Å²) < 4.78 is 14.0. The second-order valence-electron chi connectivity index (χ2n) is 28.2. The maximum absolute atomic E-state index is 7.01. The molecule has 2 heterocycles. The normalized spacial score (nSPS) is 44.5. The molecule has 0 aromatic heterocycles. The van der Waals surface area contributed by atoms with Crippen LogP contribution in [0.15, 0.2) is 0 Å². The minimum atomic E-state index is 0.535. The first-order chi connectivity index (χ1) is 34.5. The van der Waals surface area contributed by atoms with Crippen LogP contribution in [0.4, 0.5) is 0 Å². The molecule has 0 spiro atoms. The van der Waals surface area contributed by atoms with Gasteiger partial charge in [-0.25, -0.2) is 0 Å². The van der Waals surface area contributed by atoms with Crippen molar-refractivity contribution >= 4 is 0 Å². The third-order valence-corrected chi connectivity index (χ3v) is 24.1. The number of hydrogen-bond donors (Lipinski definition) is 0. The highest BCUT2D eigenvalue weighted by molar-refractivity contribution is 5.14. The highest BCUT2D eigenvalue weighted by Crippen LogP contribution is 2.66. The van der Waals surface area contributed by atoms with Crippen molar-refractivity contribution in [1.29, 1.82) is 0 Å². The van der Waals surface area contributed by atoms with Crippen LogP contribution in [0.1, 0.15) is 285 Å². The van der Waals surface area contributed by atoms with Gasteiger partial charge in [0.2, 0.25) is 0 Å². The van der Waals surface area contributed by atoms with E-state index < -0.39 is 0 Å². The predicted octanol–water partition coefficient (Wildman–Crippen LogP) is 17.8.